The third kappa shape index (κ3) is 1.94. The fourth-order valence-corrected chi connectivity index (χ4v) is 2.75. The van der Waals surface area contributed by atoms with Gasteiger partial charge in [-0.3, -0.25) is 4.79 Å². The third-order valence-corrected chi connectivity index (χ3v) is 3.75. The summed E-state index contributed by atoms with van der Waals surface area (Å²) in [4.78, 5) is 15.3. The van der Waals surface area contributed by atoms with Crippen LogP contribution in [0.4, 0.5) is 8.78 Å². The number of aromatic nitrogens is 1. The van der Waals surface area contributed by atoms with Gasteiger partial charge in [0.05, 0.1) is 5.56 Å². The van der Waals surface area contributed by atoms with Crippen LogP contribution in [0.15, 0.2) is 47.1 Å². The molecule has 1 N–H and O–H groups in total. The van der Waals surface area contributed by atoms with Crippen molar-refractivity contribution in [1.29, 1.82) is 0 Å². The zero-order chi connectivity index (χ0) is 14.3. The summed E-state index contributed by atoms with van der Waals surface area (Å²) < 4.78 is 28.1. The molecule has 0 aliphatic heterocycles. The highest BCUT2D eigenvalue weighted by Gasteiger charge is 2.22. The van der Waals surface area contributed by atoms with Crippen molar-refractivity contribution in [2.45, 2.75) is 0 Å². The fourth-order valence-electron chi connectivity index (χ4n) is 2.17. The van der Waals surface area contributed by atoms with E-state index in [1.165, 1.54) is 12.3 Å². The number of aromatic amines is 1. The van der Waals surface area contributed by atoms with Crippen molar-refractivity contribution in [3.63, 3.8) is 0 Å². The highest BCUT2D eigenvalue weighted by atomic mass is 79.9. The number of nitrogens with one attached hydrogen (secondary N) is 1. The highest BCUT2D eigenvalue weighted by Crippen LogP contribution is 2.29. The van der Waals surface area contributed by atoms with Crippen LogP contribution in [0.1, 0.15) is 15.9 Å². The summed E-state index contributed by atoms with van der Waals surface area (Å²) >= 11 is 3.35. The second-order valence-electron chi connectivity index (χ2n) is 4.29. The molecule has 0 aliphatic rings. The van der Waals surface area contributed by atoms with Gasteiger partial charge in [0.1, 0.15) is 11.6 Å². The number of ketones is 1. The predicted molar refractivity (Wildman–Crippen MR) is 75.8 cm³/mol. The van der Waals surface area contributed by atoms with Crippen molar-refractivity contribution in [1.82, 2.24) is 4.98 Å². The Morgan fingerprint density at radius 1 is 1.05 bits per heavy atom. The van der Waals surface area contributed by atoms with Gasteiger partial charge in [-0.25, -0.2) is 8.78 Å². The number of carbonyl (C=O) groups is 1. The van der Waals surface area contributed by atoms with Gasteiger partial charge in [-0.05, 0) is 24.3 Å². The van der Waals surface area contributed by atoms with Crippen LogP contribution in [0.25, 0.3) is 10.9 Å². The van der Waals surface area contributed by atoms with Crippen molar-refractivity contribution in [3.05, 3.63) is 69.8 Å². The number of fused-ring (bicyclic) bond motifs is 1. The molecular formula is C15H8BrF2NO. The Morgan fingerprint density at radius 2 is 1.70 bits per heavy atom. The summed E-state index contributed by atoms with van der Waals surface area (Å²) in [5.41, 5.74) is 0.417. The zero-order valence-electron chi connectivity index (χ0n) is 10.1. The van der Waals surface area contributed by atoms with E-state index in [0.717, 1.165) is 17.6 Å². The molecule has 3 rings (SSSR count). The largest absolute Gasteiger partial charge is 0.360 e. The molecule has 0 aliphatic carbocycles. The standard InChI is InChI=1S/C15H8BrF2NO/c16-9-3-1-6-12-13(9)8(7-19-12)15(20)14-10(17)4-2-5-11(14)18/h1-7,19H. The molecule has 0 atom stereocenters. The molecule has 2 nitrogen and oxygen atoms in total. The highest BCUT2D eigenvalue weighted by molar-refractivity contribution is 9.10. The van der Waals surface area contributed by atoms with E-state index in [-0.39, 0.29) is 5.56 Å². The lowest BCUT2D eigenvalue weighted by atomic mass is 10.0. The van der Waals surface area contributed by atoms with E-state index in [0.29, 0.717) is 9.86 Å². The van der Waals surface area contributed by atoms with Gasteiger partial charge in [0.25, 0.3) is 0 Å². The lowest BCUT2D eigenvalue weighted by Crippen LogP contribution is -2.07. The minimum atomic E-state index is -0.864. The summed E-state index contributed by atoms with van der Waals surface area (Å²) in [6.07, 6.45) is 1.46. The van der Waals surface area contributed by atoms with Gasteiger partial charge in [0.2, 0.25) is 5.78 Å². The van der Waals surface area contributed by atoms with E-state index >= 15 is 0 Å². The van der Waals surface area contributed by atoms with Crippen LogP contribution in [0.3, 0.4) is 0 Å². The Bertz CT molecular complexity index is 806. The van der Waals surface area contributed by atoms with Gasteiger partial charge in [-0.2, -0.15) is 0 Å². The monoisotopic (exact) mass is 335 g/mol. The lowest BCUT2D eigenvalue weighted by Gasteiger charge is -2.04. The third-order valence-electron chi connectivity index (χ3n) is 3.09. The van der Waals surface area contributed by atoms with Crippen LogP contribution < -0.4 is 0 Å². The minimum absolute atomic E-state index is 0.233. The minimum Gasteiger partial charge on any atom is -0.360 e. The number of carbonyl (C=O) groups excluding carboxylic acids is 1. The van der Waals surface area contributed by atoms with Crippen LogP contribution in [0.2, 0.25) is 0 Å². The van der Waals surface area contributed by atoms with Crippen molar-refractivity contribution >= 4 is 32.6 Å². The van der Waals surface area contributed by atoms with Gasteiger partial charge in [0.15, 0.2) is 0 Å². The summed E-state index contributed by atoms with van der Waals surface area (Å²) in [6.45, 7) is 0. The van der Waals surface area contributed by atoms with Gasteiger partial charge in [-0.1, -0.05) is 28.1 Å². The zero-order valence-corrected chi connectivity index (χ0v) is 11.7. The number of hydrogen-bond acceptors (Lipinski definition) is 1. The topological polar surface area (TPSA) is 32.9 Å². The molecule has 100 valence electrons. The Morgan fingerprint density at radius 3 is 2.40 bits per heavy atom. The van der Waals surface area contributed by atoms with Gasteiger partial charge in [0, 0.05) is 27.1 Å². The van der Waals surface area contributed by atoms with E-state index in [9.17, 15) is 13.6 Å². The maximum Gasteiger partial charge on any atom is 0.201 e. The van der Waals surface area contributed by atoms with Crippen LogP contribution in [-0.4, -0.2) is 10.8 Å². The normalized spacial score (nSPS) is 10.9. The average molecular weight is 336 g/mol. The molecule has 20 heavy (non-hydrogen) atoms. The second-order valence-corrected chi connectivity index (χ2v) is 5.14. The summed E-state index contributed by atoms with van der Waals surface area (Å²) in [6, 6.07) is 8.73. The van der Waals surface area contributed by atoms with E-state index in [1.807, 2.05) is 0 Å². The molecule has 0 bridgehead atoms. The van der Waals surface area contributed by atoms with Gasteiger partial charge < -0.3 is 4.98 Å². The average Bonchev–Trinajstić information content (AvgIpc) is 2.83. The SMILES string of the molecule is O=C(c1c(F)cccc1F)c1c[nH]c2cccc(Br)c12. The molecular weight excluding hydrogens is 328 g/mol. The molecule has 0 saturated carbocycles. The van der Waals surface area contributed by atoms with Crippen molar-refractivity contribution in [2.75, 3.05) is 0 Å². The van der Waals surface area contributed by atoms with Gasteiger partial charge in [-0.15, -0.1) is 0 Å². The first-order valence-electron chi connectivity index (χ1n) is 5.84. The molecule has 0 radical (unpaired) electrons. The molecule has 0 spiro atoms. The smallest absolute Gasteiger partial charge is 0.201 e. The first-order chi connectivity index (χ1) is 9.59. The van der Waals surface area contributed by atoms with E-state index in [2.05, 4.69) is 20.9 Å². The molecule has 0 amide bonds. The molecule has 1 heterocycles. The Hall–Kier alpha value is -2.01. The van der Waals surface area contributed by atoms with Gasteiger partial charge >= 0.3 is 0 Å². The quantitative estimate of drug-likeness (QED) is 0.690. The predicted octanol–water partition coefficient (Wildman–Crippen LogP) is 4.44. The van der Waals surface area contributed by atoms with Crippen LogP contribution in [-0.2, 0) is 0 Å². The van der Waals surface area contributed by atoms with Crippen molar-refractivity contribution in [2.24, 2.45) is 0 Å². The molecule has 2 aromatic carbocycles. The van der Waals surface area contributed by atoms with Crippen LogP contribution in [0, 0.1) is 11.6 Å². The Balaban J connectivity index is 2.24. The molecule has 5 heteroatoms. The Kier molecular flexibility index (Phi) is 3.14. The molecule has 0 unspecified atom stereocenters. The van der Waals surface area contributed by atoms with Crippen LogP contribution in [0.5, 0.6) is 0 Å². The van der Waals surface area contributed by atoms with Crippen molar-refractivity contribution in [3.8, 4) is 0 Å². The fraction of sp³-hybridized carbons (Fsp3) is 0. The number of halogens is 3. The Labute approximate surface area is 121 Å². The summed E-state index contributed by atoms with van der Waals surface area (Å²) in [5, 5.41) is 0.611. The molecule has 0 fully saturated rings. The molecule has 0 saturated heterocycles. The lowest BCUT2D eigenvalue weighted by molar-refractivity contribution is 0.103. The van der Waals surface area contributed by atoms with E-state index in [1.54, 1.807) is 18.2 Å². The van der Waals surface area contributed by atoms with E-state index < -0.39 is 23.0 Å². The van der Waals surface area contributed by atoms with E-state index in [4.69, 9.17) is 0 Å². The molecule has 3 aromatic rings. The summed E-state index contributed by atoms with van der Waals surface area (Å²) in [5.74, 6) is -2.41. The maximum absolute atomic E-state index is 13.7. The molecule has 1 aromatic heterocycles. The maximum atomic E-state index is 13.7. The number of H-pyrrole nitrogens is 1. The van der Waals surface area contributed by atoms with Crippen LogP contribution >= 0.6 is 15.9 Å². The number of hydrogen-bond donors (Lipinski definition) is 1. The first-order valence-corrected chi connectivity index (χ1v) is 6.63. The number of rotatable bonds is 2. The second kappa shape index (κ2) is 4.83. The number of benzene rings is 2. The van der Waals surface area contributed by atoms with Crippen molar-refractivity contribution < 1.29 is 13.6 Å². The summed E-state index contributed by atoms with van der Waals surface area (Å²) in [7, 11) is 0. The first kappa shape index (κ1) is 13.0.